The fourth-order valence-corrected chi connectivity index (χ4v) is 1.53. The minimum absolute atomic E-state index is 0.350. The van der Waals surface area contributed by atoms with Crippen LogP contribution in [-0.4, -0.2) is 21.9 Å². The number of anilines is 1. The molecule has 0 aliphatic heterocycles. The number of nitrogen functional groups attached to an aromatic ring is 1. The molecule has 0 unspecified atom stereocenters. The first-order valence-corrected chi connectivity index (χ1v) is 5.53. The Balaban J connectivity index is 2.06. The van der Waals surface area contributed by atoms with Crippen molar-refractivity contribution in [3.8, 4) is 11.5 Å². The molecule has 0 saturated carbocycles. The molecule has 1 aromatic carbocycles. The fraction of sp³-hybridized carbons (Fsp3) is 0.333. The zero-order valence-electron chi connectivity index (χ0n) is 10.7. The van der Waals surface area contributed by atoms with Gasteiger partial charge in [0.05, 0.1) is 12.8 Å². The molecule has 96 valence electrons. The molecule has 2 rings (SSSR count). The maximum atomic E-state index is 5.80. The lowest BCUT2D eigenvalue weighted by Crippen LogP contribution is -2.04. The topological polar surface area (TPSA) is 75.2 Å². The van der Waals surface area contributed by atoms with E-state index in [0.29, 0.717) is 23.8 Å². The van der Waals surface area contributed by atoms with Crippen LogP contribution in [0.4, 0.5) is 5.69 Å². The maximum Gasteiger partial charge on any atom is 0.170 e. The van der Waals surface area contributed by atoms with Gasteiger partial charge in [-0.2, -0.15) is 0 Å². The van der Waals surface area contributed by atoms with Gasteiger partial charge in [0.1, 0.15) is 23.9 Å². The molecule has 0 amide bonds. The summed E-state index contributed by atoms with van der Waals surface area (Å²) in [6.07, 6.45) is 0. The van der Waals surface area contributed by atoms with Crippen LogP contribution in [0.1, 0.15) is 11.6 Å². The van der Waals surface area contributed by atoms with Crippen molar-refractivity contribution in [2.75, 3.05) is 12.8 Å². The third-order valence-electron chi connectivity index (χ3n) is 2.75. The van der Waals surface area contributed by atoms with Gasteiger partial charge in [0.2, 0.25) is 0 Å². The SMILES string of the molecule is COc1ccc(OCc2nnc(C)n2C)cc1N. The predicted molar refractivity (Wildman–Crippen MR) is 67.5 cm³/mol. The Morgan fingerprint density at radius 3 is 2.67 bits per heavy atom. The Labute approximate surface area is 105 Å². The van der Waals surface area contributed by atoms with E-state index in [1.54, 1.807) is 25.3 Å². The highest BCUT2D eigenvalue weighted by atomic mass is 16.5. The van der Waals surface area contributed by atoms with E-state index in [0.717, 1.165) is 11.6 Å². The smallest absolute Gasteiger partial charge is 0.170 e. The standard InChI is InChI=1S/C12H16N4O2/c1-8-14-15-12(16(8)2)7-18-9-4-5-11(17-3)10(13)6-9/h4-6H,7,13H2,1-3H3. The second-order valence-corrected chi connectivity index (χ2v) is 3.91. The molecular weight excluding hydrogens is 232 g/mol. The second-order valence-electron chi connectivity index (χ2n) is 3.91. The van der Waals surface area contributed by atoms with Gasteiger partial charge in [-0.3, -0.25) is 0 Å². The number of nitrogens with zero attached hydrogens (tertiary/aromatic N) is 3. The van der Waals surface area contributed by atoms with Crippen LogP contribution >= 0.6 is 0 Å². The predicted octanol–water partition coefficient (Wildman–Crippen LogP) is 1.29. The Bertz CT molecular complexity index is 551. The zero-order chi connectivity index (χ0) is 13.1. The third-order valence-corrected chi connectivity index (χ3v) is 2.75. The van der Waals surface area contributed by atoms with Crippen LogP contribution in [0.5, 0.6) is 11.5 Å². The Hall–Kier alpha value is -2.24. The van der Waals surface area contributed by atoms with E-state index in [1.165, 1.54) is 0 Å². The lowest BCUT2D eigenvalue weighted by atomic mass is 10.3. The summed E-state index contributed by atoms with van der Waals surface area (Å²) in [5, 5.41) is 7.98. The number of methoxy groups -OCH3 is 1. The molecule has 0 saturated heterocycles. The van der Waals surface area contributed by atoms with E-state index in [1.807, 2.05) is 18.5 Å². The molecule has 1 aromatic heterocycles. The number of hydrogen-bond donors (Lipinski definition) is 1. The van der Waals surface area contributed by atoms with Gasteiger partial charge < -0.3 is 19.8 Å². The summed E-state index contributed by atoms with van der Waals surface area (Å²) in [5.41, 5.74) is 6.34. The highest BCUT2D eigenvalue weighted by Crippen LogP contribution is 2.26. The highest BCUT2D eigenvalue weighted by Gasteiger charge is 2.06. The molecule has 0 aliphatic carbocycles. The van der Waals surface area contributed by atoms with Crippen molar-refractivity contribution in [1.82, 2.24) is 14.8 Å². The average Bonchev–Trinajstić information content (AvgIpc) is 2.68. The number of hydrogen-bond acceptors (Lipinski definition) is 5. The second kappa shape index (κ2) is 4.95. The molecule has 0 bridgehead atoms. The van der Waals surface area contributed by atoms with Gasteiger partial charge >= 0.3 is 0 Å². The first kappa shape index (κ1) is 12.2. The minimum atomic E-state index is 0.350. The first-order chi connectivity index (χ1) is 8.61. The van der Waals surface area contributed by atoms with Gasteiger partial charge in [-0.05, 0) is 19.1 Å². The third kappa shape index (κ3) is 2.37. The van der Waals surface area contributed by atoms with Crippen LogP contribution in [0.15, 0.2) is 18.2 Å². The van der Waals surface area contributed by atoms with E-state index < -0.39 is 0 Å². The molecule has 1 heterocycles. The molecule has 0 fully saturated rings. The van der Waals surface area contributed by atoms with Crippen molar-refractivity contribution >= 4 is 5.69 Å². The van der Waals surface area contributed by atoms with Gasteiger partial charge in [-0.15, -0.1) is 10.2 Å². The van der Waals surface area contributed by atoms with Crippen LogP contribution in [0.3, 0.4) is 0 Å². The van der Waals surface area contributed by atoms with E-state index in [-0.39, 0.29) is 0 Å². The molecule has 0 aliphatic rings. The van der Waals surface area contributed by atoms with Crippen molar-refractivity contribution in [1.29, 1.82) is 0 Å². The fourth-order valence-electron chi connectivity index (χ4n) is 1.53. The van der Waals surface area contributed by atoms with Crippen LogP contribution in [0.2, 0.25) is 0 Å². The largest absolute Gasteiger partial charge is 0.495 e. The summed E-state index contributed by atoms with van der Waals surface area (Å²) in [5.74, 6) is 2.93. The lowest BCUT2D eigenvalue weighted by molar-refractivity contribution is 0.290. The lowest BCUT2D eigenvalue weighted by Gasteiger charge is -2.09. The summed E-state index contributed by atoms with van der Waals surface area (Å²) in [7, 11) is 3.48. The molecule has 0 radical (unpaired) electrons. The van der Waals surface area contributed by atoms with Crippen molar-refractivity contribution in [2.45, 2.75) is 13.5 Å². The van der Waals surface area contributed by atoms with Gasteiger partial charge in [-0.1, -0.05) is 0 Å². The van der Waals surface area contributed by atoms with Gasteiger partial charge in [-0.25, -0.2) is 0 Å². The Kier molecular flexibility index (Phi) is 3.36. The van der Waals surface area contributed by atoms with Crippen LogP contribution < -0.4 is 15.2 Å². The van der Waals surface area contributed by atoms with E-state index in [4.69, 9.17) is 15.2 Å². The van der Waals surface area contributed by atoms with E-state index in [2.05, 4.69) is 10.2 Å². The maximum absolute atomic E-state index is 5.80. The van der Waals surface area contributed by atoms with Gasteiger partial charge in [0.25, 0.3) is 0 Å². The molecule has 0 atom stereocenters. The highest BCUT2D eigenvalue weighted by molar-refractivity contribution is 5.56. The molecular formula is C12H16N4O2. The summed E-state index contributed by atoms with van der Waals surface area (Å²) in [6.45, 7) is 2.24. The van der Waals surface area contributed by atoms with Crippen LogP contribution in [-0.2, 0) is 13.7 Å². The summed E-state index contributed by atoms with van der Waals surface area (Å²) in [4.78, 5) is 0. The molecule has 18 heavy (non-hydrogen) atoms. The quantitative estimate of drug-likeness (QED) is 0.825. The number of ether oxygens (including phenoxy) is 2. The van der Waals surface area contributed by atoms with E-state index >= 15 is 0 Å². The summed E-state index contributed by atoms with van der Waals surface area (Å²) in [6, 6.07) is 5.30. The molecule has 6 heteroatoms. The van der Waals surface area contributed by atoms with Crippen molar-refractivity contribution in [2.24, 2.45) is 7.05 Å². The first-order valence-electron chi connectivity index (χ1n) is 5.53. The monoisotopic (exact) mass is 248 g/mol. The Morgan fingerprint density at radius 2 is 2.11 bits per heavy atom. The van der Waals surface area contributed by atoms with Crippen molar-refractivity contribution in [3.63, 3.8) is 0 Å². The normalized spacial score (nSPS) is 10.4. The van der Waals surface area contributed by atoms with Crippen LogP contribution in [0.25, 0.3) is 0 Å². The number of benzene rings is 1. The minimum Gasteiger partial charge on any atom is -0.495 e. The molecule has 2 aromatic rings. The van der Waals surface area contributed by atoms with Gasteiger partial charge in [0, 0.05) is 13.1 Å². The molecule has 2 N–H and O–H groups in total. The van der Waals surface area contributed by atoms with Crippen molar-refractivity contribution < 1.29 is 9.47 Å². The zero-order valence-corrected chi connectivity index (χ0v) is 10.7. The number of aromatic nitrogens is 3. The number of rotatable bonds is 4. The molecule has 0 spiro atoms. The van der Waals surface area contributed by atoms with Crippen LogP contribution in [0, 0.1) is 6.92 Å². The average molecular weight is 248 g/mol. The molecule has 6 nitrogen and oxygen atoms in total. The number of nitrogens with two attached hydrogens (primary N) is 1. The van der Waals surface area contributed by atoms with E-state index in [9.17, 15) is 0 Å². The Morgan fingerprint density at radius 1 is 1.33 bits per heavy atom. The summed E-state index contributed by atoms with van der Waals surface area (Å²) < 4.78 is 12.6. The van der Waals surface area contributed by atoms with Crippen molar-refractivity contribution in [3.05, 3.63) is 29.8 Å². The van der Waals surface area contributed by atoms with Gasteiger partial charge in [0.15, 0.2) is 5.82 Å². The summed E-state index contributed by atoms with van der Waals surface area (Å²) >= 11 is 0. The number of aryl methyl sites for hydroxylation is 1.